The first kappa shape index (κ1) is 21.1. The molecule has 0 spiro atoms. The number of nitrogens with zero attached hydrogens (tertiary/aromatic N) is 3. The Balaban J connectivity index is 1.65. The van der Waals surface area contributed by atoms with Crippen LogP contribution in [0, 0.1) is 5.92 Å². The van der Waals surface area contributed by atoms with E-state index in [4.69, 9.17) is 4.74 Å². The molecule has 7 nitrogen and oxygen atoms in total. The van der Waals surface area contributed by atoms with E-state index in [1.807, 2.05) is 6.92 Å². The summed E-state index contributed by atoms with van der Waals surface area (Å²) in [6.07, 6.45) is -5.51. The highest BCUT2D eigenvalue weighted by atomic mass is 19.4. The van der Waals surface area contributed by atoms with Gasteiger partial charge in [-0.1, -0.05) is 6.92 Å². The van der Waals surface area contributed by atoms with Gasteiger partial charge in [-0.15, -0.1) is 13.2 Å². The Bertz CT molecular complexity index is 771. The minimum Gasteiger partial charge on any atom is -0.409 e. The lowest BCUT2D eigenvalue weighted by atomic mass is 10.0. The summed E-state index contributed by atoms with van der Waals surface area (Å²) in [7, 11) is 0. The third kappa shape index (κ3) is 5.45. The van der Waals surface area contributed by atoms with Crippen LogP contribution in [-0.4, -0.2) is 64.7 Å². The average molecular weight is 423 g/mol. The standard InChI is InChI=1S/C17H18F5N3O4/c1-10-4-14(26)25(7-10)11-5-16(18,19)9-24(8-11)15(27)28-12-2-3-13(23-6-12)29-17(20,21)22/h2-3,6,10-11H,4-5,7-9H2,1H3/t10-,11?/m0/s1. The third-order valence-corrected chi connectivity index (χ3v) is 4.57. The Morgan fingerprint density at radius 2 is 2.00 bits per heavy atom. The van der Waals surface area contributed by atoms with Crippen LogP contribution in [-0.2, 0) is 4.79 Å². The number of aromatic nitrogens is 1. The summed E-state index contributed by atoms with van der Waals surface area (Å²) in [5.41, 5.74) is 0. The van der Waals surface area contributed by atoms with Crippen molar-refractivity contribution >= 4 is 12.0 Å². The van der Waals surface area contributed by atoms with E-state index in [2.05, 4.69) is 9.72 Å². The monoisotopic (exact) mass is 423 g/mol. The molecule has 2 saturated heterocycles. The quantitative estimate of drug-likeness (QED) is 0.699. The topological polar surface area (TPSA) is 72.0 Å². The molecule has 2 atom stereocenters. The molecule has 3 rings (SSSR count). The first-order valence-corrected chi connectivity index (χ1v) is 8.78. The molecular weight excluding hydrogens is 405 g/mol. The maximum atomic E-state index is 14.2. The smallest absolute Gasteiger partial charge is 0.409 e. The van der Waals surface area contributed by atoms with Gasteiger partial charge in [0.05, 0.1) is 18.8 Å². The lowest BCUT2D eigenvalue weighted by Crippen LogP contribution is -2.57. The highest BCUT2D eigenvalue weighted by Crippen LogP contribution is 2.33. The van der Waals surface area contributed by atoms with Crippen LogP contribution < -0.4 is 9.47 Å². The van der Waals surface area contributed by atoms with E-state index >= 15 is 0 Å². The maximum Gasteiger partial charge on any atom is 0.574 e. The number of likely N-dealkylation sites (tertiary alicyclic amines) is 2. The fourth-order valence-electron chi connectivity index (χ4n) is 3.46. The first-order chi connectivity index (χ1) is 13.4. The number of halogens is 5. The summed E-state index contributed by atoms with van der Waals surface area (Å²) in [4.78, 5) is 29.8. The molecule has 160 valence electrons. The predicted octanol–water partition coefficient (Wildman–Crippen LogP) is 3.06. The van der Waals surface area contributed by atoms with E-state index in [-0.39, 0.29) is 30.5 Å². The number of pyridine rings is 1. The van der Waals surface area contributed by atoms with E-state index in [0.717, 1.165) is 23.2 Å². The van der Waals surface area contributed by atoms with Crippen LogP contribution in [0.5, 0.6) is 11.6 Å². The van der Waals surface area contributed by atoms with Crippen molar-refractivity contribution in [2.75, 3.05) is 19.6 Å². The molecule has 1 aromatic heterocycles. The first-order valence-electron chi connectivity index (χ1n) is 8.78. The Morgan fingerprint density at radius 1 is 1.28 bits per heavy atom. The number of carbonyl (C=O) groups excluding carboxylic acids is 2. The van der Waals surface area contributed by atoms with Gasteiger partial charge >= 0.3 is 12.5 Å². The molecule has 0 saturated carbocycles. The molecule has 1 aromatic rings. The molecule has 0 radical (unpaired) electrons. The Kier molecular flexibility index (Phi) is 5.54. The van der Waals surface area contributed by atoms with Gasteiger partial charge in [0.25, 0.3) is 5.92 Å². The molecule has 0 bridgehead atoms. The van der Waals surface area contributed by atoms with Gasteiger partial charge in [0.15, 0.2) is 5.75 Å². The molecule has 0 N–H and O–H groups in total. The van der Waals surface area contributed by atoms with Crippen LogP contribution in [0.3, 0.4) is 0 Å². The van der Waals surface area contributed by atoms with Gasteiger partial charge in [-0.3, -0.25) is 9.69 Å². The van der Waals surface area contributed by atoms with E-state index in [1.54, 1.807) is 0 Å². The highest BCUT2D eigenvalue weighted by molar-refractivity contribution is 5.79. The van der Waals surface area contributed by atoms with Gasteiger partial charge in [0.2, 0.25) is 11.8 Å². The van der Waals surface area contributed by atoms with Gasteiger partial charge in [0.1, 0.15) is 0 Å². The lowest BCUT2D eigenvalue weighted by Gasteiger charge is -2.40. The molecule has 0 aliphatic carbocycles. The zero-order chi connectivity index (χ0) is 21.4. The van der Waals surface area contributed by atoms with Crippen LogP contribution in [0.25, 0.3) is 0 Å². The SMILES string of the molecule is C[C@H]1CC(=O)N(C2CN(C(=O)Oc3ccc(OC(F)(F)F)nc3)CC(F)(F)C2)C1. The van der Waals surface area contributed by atoms with Crippen molar-refractivity contribution in [3.8, 4) is 11.6 Å². The van der Waals surface area contributed by atoms with Crippen molar-refractivity contribution in [3.05, 3.63) is 18.3 Å². The van der Waals surface area contributed by atoms with Gasteiger partial charge in [0, 0.05) is 32.0 Å². The van der Waals surface area contributed by atoms with Crippen molar-refractivity contribution in [1.29, 1.82) is 0 Å². The number of piperidine rings is 1. The fourth-order valence-corrected chi connectivity index (χ4v) is 3.46. The number of alkyl halides is 5. The van der Waals surface area contributed by atoms with Crippen molar-refractivity contribution in [2.24, 2.45) is 5.92 Å². The van der Waals surface area contributed by atoms with Crippen LogP contribution in [0.4, 0.5) is 26.7 Å². The van der Waals surface area contributed by atoms with Crippen molar-refractivity contribution in [1.82, 2.24) is 14.8 Å². The van der Waals surface area contributed by atoms with Crippen molar-refractivity contribution in [2.45, 2.75) is 38.1 Å². The van der Waals surface area contributed by atoms with Gasteiger partial charge < -0.3 is 14.4 Å². The summed E-state index contributed by atoms with van der Waals surface area (Å²) < 4.78 is 73.3. The molecule has 1 unspecified atom stereocenters. The number of hydrogen-bond acceptors (Lipinski definition) is 5. The van der Waals surface area contributed by atoms with Crippen molar-refractivity contribution in [3.63, 3.8) is 0 Å². The third-order valence-electron chi connectivity index (χ3n) is 4.57. The van der Waals surface area contributed by atoms with E-state index in [1.165, 1.54) is 4.90 Å². The maximum absolute atomic E-state index is 14.2. The molecule has 2 aliphatic heterocycles. The molecule has 12 heteroatoms. The molecule has 3 heterocycles. The molecule has 2 fully saturated rings. The molecular formula is C17H18F5N3O4. The number of ether oxygens (including phenoxy) is 2. The number of hydrogen-bond donors (Lipinski definition) is 0. The summed E-state index contributed by atoms with van der Waals surface area (Å²) in [6, 6.07) is 0.982. The number of carbonyl (C=O) groups is 2. The lowest BCUT2D eigenvalue weighted by molar-refractivity contribution is -0.276. The zero-order valence-corrected chi connectivity index (χ0v) is 15.3. The van der Waals surface area contributed by atoms with Crippen LogP contribution >= 0.6 is 0 Å². The largest absolute Gasteiger partial charge is 0.574 e. The molecule has 0 aromatic carbocycles. The summed E-state index contributed by atoms with van der Waals surface area (Å²) in [5, 5.41) is 0. The zero-order valence-electron chi connectivity index (χ0n) is 15.3. The molecule has 2 amide bonds. The molecule has 2 aliphatic rings. The second-order valence-electron chi connectivity index (χ2n) is 7.20. The predicted molar refractivity (Wildman–Crippen MR) is 87.4 cm³/mol. The second kappa shape index (κ2) is 7.64. The van der Waals surface area contributed by atoms with Crippen LogP contribution in [0.2, 0.25) is 0 Å². The minimum absolute atomic E-state index is 0.0435. The second-order valence-corrected chi connectivity index (χ2v) is 7.20. The van der Waals surface area contributed by atoms with Gasteiger partial charge in [-0.25, -0.2) is 18.6 Å². The number of rotatable bonds is 3. The van der Waals surface area contributed by atoms with Crippen LogP contribution in [0.15, 0.2) is 18.3 Å². The summed E-state index contributed by atoms with van der Waals surface area (Å²) in [5.74, 6) is -4.40. The average Bonchev–Trinajstić information content (AvgIpc) is 2.92. The number of amides is 2. The fraction of sp³-hybridized carbons (Fsp3) is 0.588. The minimum atomic E-state index is -4.93. The Morgan fingerprint density at radius 3 is 2.55 bits per heavy atom. The van der Waals surface area contributed by atoms with E-state index in [0.29, 0.717) is 6.54 Å². The summed E-state index contributed by atoms with van der Waals surface area (Å²) >= 11 is 0. The van der Waals surface area contributed by atoms with Gasteiger partial charge in [-0.2, -0.15) is 0 Å². The van der Waals surface area contributed by atoms with Crippen LogP contribution in [0.1, 0.15) is 19.8 Å². The summed E-state index contributed by atoms with van der Waals surface area (Å²) in [6.45, 7) is 1.16. The van der Waals surface area contributed by atoms with Gasteiger partial charge in [-0.05, 0) is 12.0 Å². The van der Waals surface area contributed by atoms with Crippen molar-refractivity contribution < 1.29 is 41.0 Å². The highest BCUT2D eigenvalue weighted by Gasteiger charge is 2.47. The Labute approximate surface area is 162 Å². The Hall–Kier alpha value is -2.66. The molecule has 29 heavy (non-hydrogen) atoms. The van der Waals surface area contributed by atoms with E-state index in [9.17, 15) is 31.5 Å². The normalized spacial score (nSPS) is 24.6. The van der Waals surface area contributed by atoms with E-state index < -0.39 is 43.3 Å².